The van der Waals surface area contributed by atoms with Crippen molar-refractivity contribution < 1.29 is 24.2 Å². The summed E-state index contributed by atoms with van der Waals surface area (Å²) in [5.41, 5.74) is 3.37. The molecule has 0 bridgehead atoms. The van der Waals surface area contributed by atoms with Crippen LogP contribution in [0.4, 0.5) is 4.79 Å². The van der Waals surface area contributed by atoms with Gasteiger partial charge in [0.2, 0.25) is 5.91 Å². The number of nitrogens with zero attached hydrogens (tertiary/aromatic N) is 1. The number of carbonyl (C=O) groups excluding carboxylic acids is 2. The maximum atomic E-state index is 12.8. The fourth-order valence-corrected chi connectivity index (χ4v) is 4.84. The molecule has 1 fully saturated rings. The van der Waals surface area contributed by atoms with Crippen LogP contribution in [-0.4, -0.2) is 53.2 Å². The molecule has 2 aromatic rings. The fraction of sp³-hybridized carbons (Fsp3) is 0.423. The van der Waals surface area contributed by atoms with Gasteiger partial charge < -0.3 is 20.1 Å². The summed E-state index contributed by atoms with van der Waals surface area (Å²) in [5, 5.41) is 12.3. The highest BCUT2D eigenvalue weighted by atomic mass is 16.5. The Balaban J connectivity index is 1.33. The number of carboxylic acid groups (broad SMARTS) is 1. The van der Waals surface area contributed by atoms with Crippen molar-refractivity contribution >= 4 is 18.0 Å². The van der Waals surface area contributed by atoms with Crippen LogP contribution in [0.2, 0.25) is 0 Å². The number of nitrogens with one attached hydrogen (secondary N) is 1. The van der Waals surface area contributed by atoms with Crippen molar-refractivity contribution in [3.63, 3.8) is 0 Å². The lowest BCUT2D eigenvalue weighted by molar-refractivity contribution is -0.156. The van der Waals surface area contributed by atoms with Crippen LogP contribution >= 0.6 is 0 Å². The average molecular weight is 451 g/mol. The quantitative estimate of drug-likeness (QED) is 0.693. The van der Waals surface area contributed by atoms with Crippen LogP contribution in [-0.2, 0) is 14.3 Å². The summed E-state index contributed by atoms with van der Waals surface area (Å²) in [4.78, 5) is 38.1. The van der Waals surface area contributed by atoms with Crippen LogP contribution < -0.4 is 5.32 Å². The molecular formula is C26H30N2O5. The van der Waals surface area contributed by atoms with E-state index in [1.54, 1.807) is 0 Å². The lowest BCUT2D eigenvalue weighted by atomic mass is 9.98. The molecule has 7 heteroatoms. The number of carboxylic acids is 1. The molecule has 0 heterocycles. The van der Waals surface area contributed by atoms with Crippen molar-refractivity contribution in [3.8, 4) is 11.1 Å². The molecule has 0 spiro atoms. The van der Waals surface area contributed by atoms with E-state index < -0.39 is 17.6 Å². The van der Waals surface area contributed by atoms with E-state index in [1.165, 1.54) is 36.9 Å². The third-order valence-corrected chi connectivity index (χ3v) is 7.14. The Morgan fingerprint density at radius 1 is 1.03 bits per heavy atom. The van der Waals surface area contributed by atoms with Crippen molar-refractivity contribution in [2.24, 2.45) is 5.92 Å². The fourth-order valence-electron chi connectivity index (χ4n) is 4.84. The van der Waals surface area contributed by atoms with Crippen molar-refractivity contribution in [1.82, 2.24) is 10.2 Å². The van der Waals surface area contributed by atoms with E-state index in [0.717, 1.165) is 11.1 Å². The first-order valence-corrected chi connectivity index (χ1v) is 11.3. The highest BCUT2D eigenvalue weighted by Gasteiger charge is 2.40. The van der Waals surface area contributed by atoms with Crippen LogP contribution in [0.1, 0.15) is 50.2 Å². The Labute approximate surface area is 193 Å². The second-order valence-electron chi connectivity index (χ2n) is 9.44. The van der Waals surface area contributed by atoms with Crippen molar-refractivity contribution in [3.05, 3.63) is 59.7 Å². The number of alkyl carbamates (subject to hydrolysis) is 1. The first-order chi connectivity index (χ1) is 15.7. The number of ether oxygens (including phenoxy) is 1. The molecule has 0 aliphatic heterocycles. The molecule has 0 unspecified atom stereocenters. The third kappa shape index (κ3) is 4.32. The summed E-state index contributed by atoms with van der Waals surface area (Å²) < 4.78 is 5.61. The highest BCUT2D eigenvalue weighted by Crippen LogP contribution is 2.44. The van der Waals surface area contributed by atoms with Gasteiger partial charge >= 0.3 is 12.1 Å². The maximum absolute atomic E-state index is 12.8. The van der Waals surface area contributed by atoms with Gasteiger partial charge in [0, 0.05) is 24.9 Å². The zero-order valence-electron chi connectivity index (χ0n) is 19.2. The summed E-state index contributed by atoms with van der Waals surface area (Å²) >= 11 is 0. The van der Waals surface area contributed by atoms with Gasteiger partial charge in [0.05, 0.1) is 0 Å². The molecule has 1 saturated carbocycles. The monoisotopic (exact) mass is 450 g/mol. The van der Waals surface area contributed by atoms with Crippen LogP contribution in [0.15, 0.2) is 48.5 Å². The number of aliphatic carboxylic acids is 1. The Morgan fingerprint density at radius 2 is 1.61 bits per heavy atom. The minimum Gasteiger partial charge on any atom is -0.480 e. The summed E-state index contributed by atoms with van der Waals surface area (Å²) in [7, 11) is 1.52. The number of fused-ring (bicyclic) bond motifs is 3. The second-order valence-corrected chi connectivity index (χ2v) is 9.44. The van der Waals surface area contributed by atoms with Crippen LogP contribution in [0.3, 0.4) is 0 Å². The Kier molecular flexibility index (Phi) is 6.15. The van der Waals surface area contributed by atoms with E-state index in [0.29, 0.717) is 19.3 Å². The Bertz CT molecular complexity index is 1030. The second kappa shape index (κ2) is 8.89. The predicted molar refractivity (Wildman–Crippen MR) is 124 cm³/mol. The Morgan fingerprint density at radius 3 is 2.18 bits per heavy atom. The smallest absolute Gasteiger partial charge is 0.407 e. The standard InChI is InChI=1S/C26H30N2O5/c1-26(2,24(30)31)28(3)23(29)16-12-13-17(14-16)27-25(32)33-15-22-20-10-6-4-8-18(20)19-9-5-7-11-21(19)22/h4-11,16-17,22H,12-15H2,1-3H3,(H,27,32)(H,30,31)/t16-,17+/m1/s1. The van der Waals surface area contributed by atoms with Gasteiger partial charge in [-0.1, -0.05) is 48.5 Å². The van der Waals surface area contributed by atoms with Crippen LogP contribution in [0, 0.1) is 5.92 Å². The molecule has 0 saturated heterocycles. The number of benzene rings is 2. The number of carbonyl (C=O) groups is 3. The summed E-state index contributed by atoms with van der Waals surface area (Å²) in [5.74, 6) is -1.58. The van der Waals surface area contributed by atoms with Gasteiger partial charge in [-0.05, 0) is 55.4 Å². The number of hydrogen-bond donors (Lipinski definition) is 2. The van der Waals surface area contributed by atoms with Gasteiger partial charge in [-0.15, -0.1) is 0 Å². The van der Waals surface area contributed by atoms with Crippen LogP contribution in [0.25, 0.3) is 11.1 Å². The summed E-state index contributed by atoms with van der Waals surface area (Å²) in [6.07, 6.45) is 1.24. The van der Waals surface area contributed by atoms with Gasteiger partial charge in [-0.2, -0.15) is 0 Å². The van der Waals surface area contributed by atoms with Crippen molar-refractivity contribution in [1.29, 1.82) is 0 Å². The largest absolute Gasteiger partial charge is 0.480 e. The molecule has 2 aliphatic carbocycles. The molecular weight excluding hydrogens is 420 g/mol. The lowest BCUT2D eigenvalue weighted by Gasteiger charge is -2.33. The normalized spacial score (nSPS) is 19.5. The molecule has 7 nitrogen and oxygen atoms in total. The molecule has 0 radical (unpaired) electrons. The average Bonchev–Trinajstić information content (AvgIpc) is 3.39. The SMILES string of the molecule is CN(C(=O)[C@@H]1CC[C@H](NC(=O)OCC2c3ccccc3-c3ccccc32)C1)C(C)(C)C(=O)O. The Hall–Kier alpha value is -3.35. The van der Waals surface area contributed by atoms with E-state index in [1.807, 2.05) is 24.3 Å². The molecule has 0 aromatic heterocycles. The minimum absolute atomic E-state index is 0.00652. The van der Waals surface area contributed by atoms with Gasteiger partial charge in [-0.3, -0.25) is 4.79 Å². The van der Waals surface area contributed by atoms with E-state index in [4.69, 9.17) is 4.74 Å². The van der Waals surface area contributed by atoms with Gasteiger partial charge in [-0.25, -0.2) is 9.59 Å². The van der Waals surface area contributed by atoms with Gasteiger partial charge in [0.1, 0.15) is 12.1 Å². The van der Waals surface area contributed by atoms with Crippen LogP contribution in [0.5, 0.6) is 0 Å². The molecule has 174 valence electrons. The van der Waals surface area contributed by atoms with E-state index in [2.05, 4.69) is 29.6 Å². The molecule has 33 heavy (non-hydrogen) atoms. The first kappa shape index (κ1) is 22.8. The molecule has 4 rings (SSSR count). The van der Waals surface area contributed by atoms with Gasteiger partial charge in [0.25, 0.3) is 0 Å². The van der Waals surface area contributed by atoms with Crippen molar-refractivity contribution in [2.45, 2.75) is 50.6 Å². The zero-order valence-corrected chi connectivity index (χ0v) is 19.2. The number of amides is 2. The third-order valence-electron chi connectivity index (χ3n) is 7.14. The predicted octanol–water partition coefficient (Wildman–Crippen LogP) is 4.02. The number of likely N-dealkylation sites (N-methyl/N-ethyl adjacent to an activating group) is 1. The molecule has 2 aromatic carbocycles. The molecule has 2 aliphatic rings. The number of hydrogen-bond acceptors (Lipinski definition) is 4. The topological polar surface area (TPSA) is 95.9 Å². The molecule has 2 amide bonds. The summed E-state index contributed by atoms with van der Waals surface area (Å²) in [6, 6.07) is 16.2. The van der Waals surface area contributed by atoms with E-state index >= 15 is 0 Å². The summed E-state index contributed by atoms with van der Waals surface area (Å²) in [6.45, 7) is 3.26. The van der Waals surface area contributed by atoms with E-state index in [-0.39, 0.29) is 30.4 Å². The maximum Gasteiger partial charge on any atom is 0.407 e. The van der Waals surface area contributed by atoms with E-state index in [9.17, 15) is 19.5 Å². The zero-order chi connectivity index (χ0) is 23.8. The molecule has 2 atom stereocenters. The lowest BCUT2D eigenvalue weighted by Crippen LogP contribution is -2.52. The van der Waals surface area contributed by atoms with Gasteiger partial charge in [0.15, 0.2) is 0 Å². The first-order valence-electron chi connectivity index (χ1n) is 11.3. The minimum atomic E-state index is -1.28. The molecule has 2 N–H and O–H groups in total. The number of rotatable bonds is 6. The highest BCUT2D eigenvalue weighted by molar-refractivity contribution is 5.87. The van der Waals surface area contributed by atoms with Crippen molar-refractivity contribution in [2.75, 3.05) is 13.7 Å².